The number of nitrogens with one attached hydrogen (secondary N) is 1. The summed E-state index contributed by atoms with van der Waals surface area (Å²) in [4.78, 5) is 12.5. The van der Waals surface area contributed by atoms with E-state index in [2.05, 4.69) is 11.4 Å². The van der Waals surface area contributed by atoms with Crippen LogP contribution < -0.4 is 5.32 Å². The molecule has 2 saturated carbocycles. The molecule has 19 heavy (non-hydrogen) atoms. The maximum Gasteiger partial charge on any atom is 0.240 e. The first-order chi connectivity index (χ1) is 9.12. The van der Waals surface area contributed by atoms with Gasteiger partial charge >= 0.3 is 0 Å². The Bertz CT molecular complexity index is 369. The number of carbonyl (C=O) groups excluding carboxylic acids is 1. The minimum Gasteiger partial charge on any atom is -0.354 e. The predicted octanol–water partition coefficient (Wildman–Crippen LogP) is 3.40. The average molecular weight is 262 g/mol. The molecule has 0 atom stereocenters. The molecule has 0 radical (unpaired) electrons. The number of hydrogen-bond acceptors (Lipinski definition) is 2. The summed E-state index contributed by atoms with van der Waals surface area (Å²) >= 11 is 0. The molecule has 3 nitrogen and oxygen atoms in total. The second-order valence-corrected chi connectivity index (χ2v) is 6.51. The van der Waals surface area contributed by atoms with Gasteiger partial charge in [-0.15, -0.1) is 0 Å². The van der Waals surface area contributed by atoms with Crippen LogP contribution in [0.2, 0.25) is 0 Å². The van der Waals surface area contributed by atoms with Crippen LogP contribution in [0.3, 0.4) is 0 Å². The van der Waals surface area contributed by atoms with E-state index in [-0.39, 0.29) is 5.91 Å². The van der Waals surface area contributed by atoms with Crippen molar-refractivity contribution in [3.05, 3.63) is 0 Å². The van der Waals surface area contributed by atoms with Crippen LogP contribution >= 0.6 is 0 Å². The van der Waals surface area contributed by atoms with Crippen molar-refractivity contribution in [1.82, 2.24) is 5.32 Å². The molecule has 0 aromatic carbocycles. The largest absolute Gasteiger partial charge is 0.354 e. The van der Waals surface area contributed by atoms with Gasteiger partial charge in [0.05, 0.1) is 6.07 Å². The second kappa shape index (κ2) is 5.53. The summed E-state index contributed by atoms with van der Waals surface area (Å²) in [5.41, 5.74) is -0.377. The van der Waals surface area contributed by atoms with Crippen LogP contribution in [-0.4, -0.2) is 12.5 Å². The van der Waals surface area contributed by atoms with E-state index in [0.717, 1.165) is 25.3 Å². The van der Waals surface area contributed by atoms with E-state index in [1.165, 1.54) is 25.7 Å². The lowest BCUT2D eigenvalue weighted by Crippen LogP contribution is -2.42. The van der Waals surface area contributed by atoms with E-state index in [1.54, 1.807) is 0 Å². The van der Waals surface area contributed by atoms with Gasteiger partial charge in [0.2, 0.25) is 5.91 Å². The third-order valence-corrected chi connectivity index (χ3v) is 4.94. The Kier molecular flexibility index (Phi) is 4.18. The number of nitriles is 1. The van der Waals surface area contributed by atoms with E-state index in [1.807, 2.05) is 13.8 Å². The molecule has 1 amide bonds. The molecule has 0 aliphatic heterocycles. The van der Waals surface area contributed by atoms with E-state index in [9.17, 15) is 10.1 Å². The van der Waals surface area contributed by atoms with Gasteiger partial charge in [0, 0.05) is 6.54 Å². The molecule has 2 aliphatic rings. The zero-order valence-corrected chi connectivity index (χ0v) is 12.3. The van der Waals surface area contributed by atoms with Gasteiger partial charge in [0.1, 0.15) is 5.41 Å². The zero-order valence-electron chi connectivity index (χ0n) is 12.3. The number of amides is 1. The molecule has 0 aromatic rings. The maximum atomic E-state index is 12.5. The summed E-state index contributed by atoms with van der Waals surface area (Å²) in [5, 5.41) is 12.6. The number of hydrogen-bond donors (Lipinski definition) is 1. The molecule has 0 spiro atoms. The SMILES string of the molecule is CCCC(C#N)(CCC)C(=O)NCC1(C2CC2)CC1. The van der Waals surface area contributed by atoms with Gasteiger partial charge < -0.3 is 5.32 Å². The summed E-state index contributed by atoms with van der Waals surface area (Å²) in [6.45, 7) is 4.89. The smallest absolute Gasteiger partial charge is 0.240 e. The summed E-state index contributed by atoms with van der Waals surface area (Å²) < 4.78 is 0. The van der Waals surface area contributed by atoms with Gasteiger partial charge in [-0.05, 0) is 49.9 Å². The van der Waals surface area contributed by atoms with Gasteiger partial charge in [0.25, 0.3) is 0 Å². The Balaban J connectivity index is 1.93. The Labute approximate surface area is 116 Å². The number of nitrogens with zero attached hydrogens (tertiary/aromatic N) is 1. The van der Waals surface area contributed by atoms with Crippen molar-refractivity contribution < 1.29 is 4.79 Å². The van der Waals surface area contributed by atoms with Crippen LogP contribution in [0.4, 0.5) is 0 Å². The first kappa shape index (κ1) is 14.4. The van der Waals surface area contributed by atoms with Crippen LogP contribution in [0.5, 0.6) is 0 Å². The van der Waals surface area contributed by atoms with Crippen molar-refractivity contribution in [2.45, 2.75) is 65.2 Å². The lowest BCUT2D eigenvalue weighted by atomic mass is 9.79. The Hall–Kier alpha value is -1.04. The highest BCUT2D eigenvalue weighted by Crippen LogP contribution is 2.60. The standard InChI is InChI=1S/C16H26N2O/c1-3-7-15(11-17,8-4-2)14(19)18-12-16(9-10-16)13-5-6-13/h13H,3-10,12H2,1-2H3,(H,18,19). The number of rotatable bonds is 8. The number of carbonyl (C=O) groups is 1. The lowest BCUT2D eigenvalue weighted by Gasteiger charge is -2.26. The third-order valence-electron chi connectivity index (χ3n) is 4.94. The molecule has 1 N–H and O–H groups in total. The first-order valence-corrected chi connectivity index (χ1v) is 7.82. The predicted molar refractivity (Wildman–Crippen MR) is 75.3 cm³/mol. The molecule has 0 unspecified atom stereocenters. The van der Waals surface area contributed by atoms with Gasteiger partial charge in [-0.1, -0.05) is 26.7 Å². The molecule has 0 heterocycles. The monoisotopic (exact) mass is 262 g/mol. The van der Waals surface area contributed by atoms with Crippen molar-refractivity contribution in [3.8, 4) is 6.07 Å². The molecule has 2 rings (SSSR count). The minimum atomic E-state index is -0.789. The summed E-state index contributed by atoms with van der Waals surface area (Å²) in [5.74, 6) is 0.826. The highest BCUT2D eigenvalue weighted by molar-refractivity contribution is 5.85. The fourth-order valence-corrected chi connectivity index (χ4v) is 3.38. The lowest BCUT2D eigenvalue weighted by molar-refractivity contribution is -0.129. The van der Waals surface area contributed by atoms with Gasteiger partial charge in [-0.3, -0.25) is 4.79 Å². The van der Waals surface area contributed by atoms with Crippen LogP contribution in [0.25, 0.3) is 0 Å². The van der Waals surface area contributed by atoms with Gasteiger partial charge in [0.15, 0.2) is 0 Å². The molecule has 3 heteroatoms. The van der Waals surface area contributed by atoms with Gasteiger partial charge in [-0.25, -0.2) is 0 Å². The molecule has 106 valence electrons. The molecule has 2 aliphatic carbocycles. The normalized spacial score (nSPS) is 20.7. The molecule has 0 aromatic heterocycles. The Morgan fingerprint density at radius 3 is 2.26 bits per heavy atom. The summed E-state index contributed by atoms with van der Waals surface area (Å²) in [6.07, 6.45) is 8.33. The van der Waals surface area contributed by atoms with Gasteiger partial charge in [-0.2, -0.15) is 5.26 Å². The highest BCUT2D eigenvalue weighted by atomic mass is 16.2. The maximum absolute atomic E-state index is 12.5. The fraction of sp³-hybridized carbons (Fsp3) is 0.875. The van der Waals surface area contributed by atoms with Crippen LogP contribution in [0.1, 0.15) is 65.2 Å². The molecular formula is C16H26N2O. The van der Waals surface area contributed by atoms with Crippen LogP contribution in [0, 0.1) is 28.1 Å². The van der Waals surface area contributed by atoms with E-state index in [0.29, 0.717) is 18.3 Å². The third kappa shape index (κ3) is 2.94. The minimum absolute atomic E-state index is 0.0226. The quantitative estimate of drug-likeness (QED) is 0.729. The average Bonchev–Trinajstić information content (AvgIpc) is 3.28. The highest BCUT2D eigenvalue weighted by Gasteiger charge is 2.54. The van der Waals surface area contributed by atoms with Crippen LogP contribution in [0.15, 0.2) is 0 Å². The molecule has 0 bridgehead atoms. The van der Waals surface area contributed by atoms with E-state index in [4.69, 9.17) is 0 Å². The summed E-state index contributed by atoms with van der Waals surface area (Å²) in [6, 6.07) is 2.31. The Morgan fingerprint density at radius 1 is 1.32 bits per heavy atom. The van der Waals surface area contributed by atoms with E-state index < -0.39 is 5.41 Å². The zero-order chi connectivity index (χ0) is 13.9. The van der Waals surface area contributed by atoms with E-state index >= 15 is 0 Å². The van der Waals surface area contributed by atoms with Crippen molar-refractivity contribution >= 4 is 5.91 Å². The first-order valence-electron chi connectivity index (χ1n) is 7.82. The summed E-state index contributed by atoms with van der Waals surface area (Å²) in [7, 11) is 0. The molecule has 0 saturated heterocycles. The van der Waals surface area contributed by atoms with Crippen LogP contribution in [-0.2, 0) is 4.79 Å². The van der Waals surface area contributed by atoms with Crippen molar-refractivity contribution in [2.24, 2.45) is 16.7 Å². The van der Waals surface area contributed by atoms with Crippen molar-refractivity contribution in [1.29, 1.82) is 5.26 Å². The molecule has 2 fully saturated rings. The second-order valence-electron chi connectivity index (χ2n) is 6.51. The van der Waals surface area contributed by atoms with Crippen molar-refractivity contribution in [2.75, 3.05) is 6.54 Å². The fourth-order valence-electron chi connectivity index (χ4n) is 3.38. The Morgan fingerprint density at radius 2 is 1.89 bits per heavy atom. The topological polar surface area (TPSA) is 52.9 Å². The van der Waals surface area contributed by atoms with Crippen molar-refractivity contribution in [3.63, 3.8) is 0 Å². The molecular weight excluding hydrogens is 236 g/mol.